The summed E-state index contributed by atoms with van der Waals surface area (Å²) in [7, 11) is 0. The van der Waals surface area contributed by atoms with Crippen LogP contribution in [0.25, 0.3) is 12.2 Å². The van der Waals surface area contributed by atoms with Crippen LogP contribution in [0.4, 0.5) is 0 Å². The normalized spacial score (nSPS) is 8.43. The minimum atomic E-state index is -0.546. The van der Waals surface area contributed by atoms with Crippen LogP contribution in [0.1, 0.15) is 25.1 Å². The third kappa shape index (κ3) is 2.32. The van der Waals surface area contributed by atoms with E-state index in [1.54, 1.807) is 0 Å². The third-order valence-corrected chi connectivity index (χ3v) is 1.42. The van der Waals surface area contributed by atoms with Crippen LogP contribution in [-0.4, -0.2) is 14.9 Å². The molecule has 1 aromatic rings. The van der Waals surface area contributed by atoms with Crippen LogP contribution < -0.4 is 5.56 Å². The molecule has 0 saturated carbocycles. The van der Waals surface area contributed by atoms with E-state index in [1.807, 2.05) is 13.8 Å². The maximum absolute atomic E-state index is 11.1. The Morgan fingerprint density at radius 3 is 2.43 bits per heavy atom. The monoisotopic (exact) mass is 194 g/mol. The van der Waals surface area contributed by atoms with Gasteiger partial charge in [0.1, 0.15) is 6.33 Å². The van der Waals surface area contributed by atoms with Gasteiger partial charge in [-0.25, -0.2) is 4.98 Å². The molecular formula is C10H14N2O2. The maximum Gasteiger partial charge on any atom is 0.293 e. The highest BCUT2D eigenvalue weighted by Crippen LogP contribution is 2.01. The topological polar surface area (TPSA) is 55.1 Å². The van der Waals surface area contributed by atoms with Gasteiger partial charge in [0.05, 0.1) is 11.3 Å². The lowest BCUT2D eigenvalue weighted by atomic mass is 10.2. The van der Waals surface area contributed by atoms with Crippen LogP contribution >= 0.6 is 0 Å². The largest absolute Gasteiger partial charge is 0.424 e. The Hall–Kier alpha value is -1.84. The van der Waals surface area contributed by atoms with Crippen molar-refractivity contribution in [1.29, 1.82) is 0 Å². The lowest BCUT2D eigenvalue weighted by Gasteiger charge is -1.99. The first kappa shape index (κ1) is 12.2. The number of rotatable bonds is 2. The lowest BCUT2D eigenvalue weighted by Crippen LogP contribution is -2.21. The highest BCUT2D eigenvalue weighted by Gasteiger charge is 2.04. The first-order chi connectivity index (χ1) is 6.70. The minimum absolute atomic E-state index is 0.245. The van der Waals surface area contributed by atoms with Crippen LogP contribution in [-0.2, 0) is 0 Å². The van der Waals surface area contributed by atoms with Gasteiger partial charge in [-0.1, -0.05) is 33.1 Å². The molecule has 0 aliphatic rings. The molecule has 1 aromatic heterocycles. The van der Waals surface area contributed by atoms with E-state index >= 15 is 0 Å². The summed E-state index contributed by atoms with van der Waals surface area (Å²) < 4.78 is 0.407. The molecule has 0 fully saturated rings. The number of hydrogen-bond donors (Lipinski definition) is 1. The molecule has 1 N–H and O–H groups in total. The molecule has 4 nitrogen and oxygen atoms in total. The van der Waals surface area contributed by atoms with Gasteiger partial charge >= 0.3 is 0 Å². The van der Waals surface area contributed by atoms with E-state index in [0.29, 0.717) is 10.4 Å². The molecule has 0 amide bonds. The van der Waals surface area contributed by atoms with E-state index < -0.39 is 5.56 Å². The average molecular weight is 194 g/mol. The summed E-state index contributed by atoms with van der Waals surface area (Å²) in [5.74, 6) is 0. The van der Waals surface area contributed by atoms with Crippen molar-refractivity contribution in [2.24, 2.45) is 0 Å². The Morgan fingerprint density at radius 1 is 1.43 bits per heavy atom. The van der Waals surface area contributed by atoms with Gasteiger partial charge in [-0.2, -0.15) is 0 Å². The standard InChI is InChI=1S/C8H8N2O2.C2H6/c1-3-6-7(4-2)9-5-10(12)8(6)11;1-2/h3-5,12H,1-2H2;1-2H3. The quantitative estimate of drug-likeness (QED) is 0.730. The Morgan fingerprint density at radius 2 is 2.00 bits per heavy atom. The van der Waals surface area contributed by atoms with Crippen molar-refractivity contribution in [1.82, 2.24) is 9.71 Å². The molecule has 76 valence electrons. The van der Waals surface area contributed by atoms with Crippen molar-refractivity contribution in [3.63, 3.8) is 0 Å². The molecule has 0 saturated heterocycles. The van der Waals surface area contributed by atoms with Gasteiger partial charge in [0.25, 0.3) is 5.56 Å². The first-order valence-corrected chi connectivity index (χ1v) is 4.26. The van der Waals surface area contributed by atoms with Crippen molar-refractivity contribution in [2.75, 3.05) is 0 Å². The maximum atomic E-state index is 11.1. The number of aromatic nitrogens is 2. The minimum Gasteiger partial charge on any atom is -0.424 e. The number of nitrogens with zero attached hydrogens (tertiary/aromatic N) is 2. The van der Waals surface area contributed by atoms with E-state index in [1.165, 1.54) is 12.2 Å². The molecule has 0 aromatic carbocycles. The van der Waals surface area contributed by atoms with Crippen molar-refractivity contribution in [2.45, 2.75) is 13.8 Å². The van der Waals surface area contributed by atoms with Gasteiger partial charge in [0.2, 0.25) is 0 Å². The average Bonchev–Trinajstić information content (AvgIpc) is 2.24. The molecule has 4 heteroatoms. The fraction of sp³-hybridized carbons (Fsp3) is 0.200. The molecule has 0 aliphatic heterocycles. The fourth-order valence-corrected chi connectivity index (χ4v) is 0.826. The van der Waals surface area contributed by atoms with Gasteiger partial charge in [-0.05, 0) is 6.08 Å². The summed E-state index contributed by atoms with van der Waals surface area (Å²) in [6.45, 7) is 10.9. The molecule has 14 heavy (non-hydrogen) atoms. The Kier molecular flexibility index (Phi) is 4.99. The van der Waals surface area contributed by atoms with Gasteiger partial charge < -0.3 is 5.21 Å². The zero-order valence-corrected chi connectivity index (χ0v) is 8.40. The summed E-state index contributed by atoms with van der Waals surface area (Å²) in [6, 6.07) is 0. The lowest BCUT2D eigenvalue weighted by molar-refractivity contribution is 0.170. The van der Waals surface area contributed by atoms with Crippen LogP contribution in [0.15, 0.2) is 24.3 Å². The van der Waals surface area contributed by atoms with Crippen molar-refractivity contribution >= 4 is 12.2 Å². The zero-order valence-electron chi connectivity index (χ0n) is 8.40. The first-order valence-electron chi connectivity index (χ1n) is 4.26. The highest BCUT2D eigenvalue weighted by atomic mass is 16.5. The fourth-order valence-electron chi connectivity index (χ4n) is 0.826. The summed E-state index contributed by atoms with van der Waals surface area (Å²) >= 11 is 0. The van der Waals surface area contributed by atoms with Gasteiger partial charge in [-0.15, -0.1) is 4.73 Å². The molecular weight excluding hydrogens is 180 g/mol. The second kappa shape index (κ2) is 5.75. The molecule has 0 radical (unpaired) electrons. The van der Waals surface area contributed by atoms with Crippen LogP contribution in [0.3, 0.4) is 0 Å². The summed E-state index contributed by atoms with van der Waals surface area (Å²) in [5.41, 5.74) is 0.116. The smallest absolute Gasteiger partial charge is 0.293 e. The molecule has 0 spiro atoms. The molecule has 0 aliphatic carbocycles. The van der Waals surface area contributed by atoms with E-state index in [0.717, 1.165) is 6.33 Å². The summed E-state index contributed by atoms with van der Waals surface area (Å²) in [6.07, 6.45) is 3.78. The molecule has 0 unspecified atom stereocenters. The Labute approximate surface area is 82.8 Å². The predicted octanol–water partition coefficient (Wildman–Crippen LogP) is 1.79. The summed E-state index contributed by atoms with van der Waals surface area (Å²) in [5, 5.41) is 8.91. The van der Waals surface area contributed by atoms with Gasteiger partial charge in [0, 0.05) is 0 Å². The summed E-state index contributed by atoms with van der Waals surface area (Å²) in [4.78, 5) is 14.9. The molecule has 1 heterocycles. The second-order valence-corrected chi connectivity index (χ2v) is 2.10. The Bertz CT molecular complexity index is 380. The Balaban J connectivity index is 0.000000791. The van der Waals surface area contributed by atoms with E-state index in [-0.39, 0.29) is 5.56 Å². The zero-order chi connectivity index (χ0) is 11.1. The van der Waals surface area contributed by atoms with E-state index in [2.05, 4.69) is 18.1 Å². The van der Waals surface area contributed by atoms with Crippen molar-refractivity contribution in [3.05, 3.63) is 41.1 Å². The van der Waals surface area contributed by atoms with Gasteiger partial charge in [-0.3, -0.25) is 4.79 Å². The SMILES string of the molecule is C=Cc1ncn(O)c(=O)c1C=C.CC. The molecule has 0 bridgehead atoms. The highest BCUT2D eigenvalue weighted by molar-refractivity contribution is 5.58. The van der Waals surface area contributed by atoms with Crippen molar-refractivity contribution < 1.29 is 5.21 Å². The van der Waals surface area contributed by atoms with E-state index in [4.69, 9.17) is 5.21 Å². The predicted molar refractivity (Wildman–Crippen MR) is 57.2 cm³/mol. The van der Waals surface area contributed by atoms with Crippen molar-refractivity contribution in [3.8, 4) is 0 Å². The number of hydrogen-bond acceptors (Lipinski definition) is 3. The molecule has 1 rings (SSSR count). The van der Waals surface area contributed by atoms with E-state index in [9.17, 15) is 4.79 Å². The second-order valence-electron chi connectivity index (χ2n) is 2.10. The van der Waals surface area contributed by atoms with Crippen LogP contribution in [0, 0.1) is 0 Å². The third-order valence-electron chi connectivity index (χ3n) is 1.42. The van der Waals surface area contributed by atoms with Crippen LogP contribution in [0.2, 0.25) is 0 Å². The van der Waals surface area contributed by atoms with Crippen LogP contribution in [0.5, 0.6) is 0 Å². The molecule has 0 atom stereocenters. The van der Waals surface area contributed by atoms with Gasteiger partial charge in [0.15, 0.2) is 0 Å².